The quantitative estimate of drug-likeness (QED) is 0.853. The largest absolute Gasteiger partial charge is 0.496 e. The molecule has 0 aliphatic rings. The van der Waals surface area contributed by atoms with E-state index >= 15 is 0 Å². The predicted molar refractivity (Wildman–Crippen MR) is 77.0 cm³/mol. The molecule has 0 saturated heterocycles. The van der Waals surface area contributed by atoms with Crippen molar-refractivity contribution in [2.45, 2.75) is 31.6 Å². The van der Waals surface area contributed by atoms with E-state index in [0.717, 1.165) is 6.54 Å². The van der Waals surface area contributed by atoms with Crippen LogP contribution >= 0.6 is 11.8 Å². The maximum Gasteiger partial charge on any atom is 0.131 e. The van der Waals surface area contributed by atoms with Gasteiger partial charge >= 0.3 is 0 Å². The molecule has 0 aromatic heterocycles. The lowest BCUT2D eigenvalue weighted by Crippen LogP contribution is -2.34. The Kier molecular flexibility index (Phi) is 5.47. The van der Waals surface area contributed by atoms with Crippen LogP contribution in [-0.2, 0) is 0 Å². The third kappa shape index (κ3) is 3.89. The van der Waals surface area contributed by atoms with E-state index < -0.39 is 0 Å². The number of halogens is 1. The van der Waals surface area contributed by atoms with Gasteiger partial charge in [0.2, 0.25) is 0 Å². The smallest absolute Gasteiger partial charge is 0.131 e. The first-order valence-corrected chi connectivity index (χ1v) is 7.24. The fourth-order valence-corrected chi connectivity index (χ4v) is 1.92. The first-order valence-electron chi connectivity index (χ1n) is 6.02. The minimum absolute atomic E-state index is 0.0763. The van der Waals surface area contributed by atoms with Crippen molar-refractivity contribution >= 4 is 11.8 Å². The van der Waals surface area contributed by atoms with Crippen molar-refractivity contribution in [1.82, 2.24) is 5.32 Å². The van der Waals surface area contributed by atoms with Crippen LogP contribution in [0, 0.1) is 5.82 Å². The van der Waals surface area contributed by atoms with Crippen LogP contribution in [0.4, 0.5) is 4.39 Å². The summed E-state index contributed by atoms with van der Waals surface area (Å²) in [5, 5.41) is 3.36. The second kappa shape index (κ2) is 6.43. The number of hydrogen-bond donors (Lipinski definition) is 1. The van der Waals surface area contributed by atoms with Crippen molar-refractivity contribution in [1.29, 1.82) is 0 Å². The summed E-state index contributed by atoms with van der Waals surface area (Å²) in [5.74, 6) is 0.369. The molecular formula is C14H22FNOS. The summed E-state index contributed by atoms with van der Waals surface area (Å²) in [6, 6.07) is 4.84. The van der Waals surface area contributed by atoms with Gasteiger partial charge < -0.3 is 10.1 Å². The van der Waals surface area contributed by atoms with Crippen LogP contribution in [0.2, 0.25) is 0 Å². The number of benzene rings is 1. The van der Waals surface area contributed by atoms with E-state index in [-0.39, 0.29) is 16.6 Å². The fourth-order valence-electron chi connectivity index (χ4n) is 1.69. The van der Waals surface area contributed by atoms with E-state index in [9.17, 15) is 4.39 Å². The third-order valence-corrected chi connectivity index (χ3v) is 4.30. The number of nitrogens with one attached hydrogen (secondary N) is 1. The molecule has 18 heavy (non-hydrogen) atoms. The molecule has 0 fully saturated rings. The van der Waals surface area contributed by atoms with Gasteiger partial charge in [0, 0.05) is 22.9 Å². The molecule has 1 unspecified atom stereocenters. The summed E-state index contributed by atoms with van der Waals surface area (Å²) in [5.41, 5.74) is 0.594. The van der Waals surface area contributed by atoms with Crippen LogP contribution < -0.4 is 10.1 Å². The second-order valence-electron chi connectivity index (χ2n) is 4.92. The van der Waals surface area contributed by atoms with E-state index in [4.69, 9.17) is 4.74 Å². The second-order valence-corrected chi connectivity index (χ2v) is 6.44. The minimum atomic E-state index is -0.226. The topological polar surface area (TPSA) is 21.3 Å². The number of methoxy groups -OCH3 is 1. The van der Waals surface area contributed by atoms with E-state index in [1.54, 1.807) is 31.0 Å². The van der Waals surface area contributed by atoms with Crippen LogP contribution in [0.25, 0.3) is 0 Å². The van der Waals surface area contributed by atoms with Gasteiger partial charge in [0.1, 0.15) is 11.6 Å². The molecule has 1 N–H and O–H groups in total. The molecule has 1 aromatic rings. The number of thioether (sulfide) groups is 1. The Morgan fingerprint density at radius 2 is 2.11 bits per heavy atom. The van der Waals surface area contributed by atoms with Gasteiger partial charge in [-0.2, -0.15) is 11.8 Å². The molecule has 0 aliphatic carbocycles. The predicted octanol–water partition coefficient (Wildman–Crippen LogP) is 3.63. The van der Waals surface area contributed by atoms with Crippen molar-refractivity contribution in [2.24, 2.45) is 0 Å². The van der Waals surface area contributed by atoms with Crippen LogP contribution in [0.5, 0.6) is 5.75 Å². The molecule has 0 spiro atoms. The maximum absolute atomic E-state index is 13.9. The normalized spacial score (nSPS) is 13.4. The van der Waals surface area contributed by atoms with E-state index in [1.807, 2.05) is 6.92 Å². The third-order valence-electron chi connectivity index (χ3n) is 3.05. The molecule has 1 aromatic carbocycles. The molecule has 0 saturated carbocycles. The first kappa shape index (κ1) is 15.3. The Hall–Kier alpha value is -0.740. The molecule has 0 heterocycles. The molecule has 0 aliphatic heterocycles. The Bertz CT molecular complexity index is 395. The van der Waals surface area contributed by atoms with Crippen LogP contribution in [0.3, 0.4) is 0 Å². The van der Waals surface area contributed by atoms with Crippen LogP contribution in [0.15, 0.2) is 18.2 Å². The monoisotopic (exact) mass is 271 g/mol. The Labute approximate surface area is 113 Å². The van der Waals surface area contributed by atoms with Crippen molar-refractivity contribution in [2.75, 3.05) is 19.9 Å². The molecular weight excluding hydrogens is 249 g/mol. The zero-order chi connectivity index (χ0) is 13.8. The van der Waals surface area contributed by atoms with Crippen molar-refractivity contribution in [3.63, 3.8) is 0 Å². The molecule has 4 heteroatoms. The first-order chi connectivity index (χ1) is 8.41. The zero-order valence-corrected chi connectivity index (χ0v) is 12.5. The maximum atomic E-state index is 13.9. The Morgan fingerprint density at radius 1 is 1.44 bits per heavy atom. The molecule has 1 rings (SSSR count). The lowest BCUT2D eigenvalue weighted by molar-refractivity contribution is 0.392. The highest BCUT2D eigenvalue weighted by atomic mass is 32.2. The summed E-state index contributed by atoms with van der Waals surface area (Å²) in [6.07, 6.45) is 2.08. The summed E-state index contributed by atoms with van der Waals surface area (Å²) in [4.78, 5) is 0. The van der Waals surface area contributed by atoms with Crippen molar-refractivity contribution in [3.8, 4) is 5.75 Å². The lowest BCUT2D eigenvalue weighted by atomic mass is 10.1. The zero-order valence-electron chi connectivity index (χ0n) is 11.7. The van der Waals surface area contributed by atoms with Gasteiger partial charge in [-0.3, -0.25) is 0 Å². The average molecular weight is 271 g/mol. The Balaban J connectivity index is 2.81. The van der Waals surface area contributed by atoms with Gasteiger partial charge in [0.25, 0.3) is 0 Å². The molecule has 0 bridgehead atoms. The molecule has 0 radical (unpaired) electrons. The summed E-state index contributed by atoms with van der Waals surface area (Å²) in [6.45, 7) is 7.09. The fraction of sp³-hybridized carbons (Fsp3) is 0.571. The van der Waals surface area contributed by atoms with Crippen LogP contribution in [0.1, 0.15) is 32.4 Å². The van der Waals surface area contributed by atoms with Crippen molar-refractivity contribution < 1.29 is 9.13 Å². The highest BCUT2D eigenvalue weighted by Gasteiger charge is 2.20. The van der Waals surface area contributed by atoms with Crippen molar-refractivity contribution in [3.05, 3.63) is 29.6 Å². The standard InChI is InChI=1S/C14H22FNOS/c1-10(16-9-14(2,3)18-5)13-11(15)7-6-8-12(13)17-4/h6-8,10,16H,9H2,1-5H3. The highest BCUT2D eigenvalue weighted by Crippen LogP contribution is 2.28. The number of rotatable bonds is 6. The van der Waals surface area contributed by atoms with Gasteiger partial charge in [-0.05, 0) is 39.2 Å². The van der Waals surface area contributed by atoms with Crippen LogP contribution in [-0.4, -0.2) is 24.7 Å². The summed E-state index contributed by atoms with van der Waals surface area (Å²) >= 11 is 1.79. The highest BCUT2D eigenvalue weighted by molar-refractivity contribution is 7.99. The summed E-state index contributed by atoms with van der Waals surface area (Å²) < 4.78 is 19.2. The van der Waals surface area contributed by atoms with Gasteiger partial charge in [0.05, 0.1) is 7.11 Å². The molecule has 0 amide bonds. The SMILES string of the molecule is COc1cccc(F)c1C(C)NCC(C)(C)SC. The van der Waals surface area contributed by atoms with Gasteiger partial charge in [-0.1, -0.05) is 6.07 Å². The number of ether oxygens (including phenoxy) is 1. The number of hydrogen-bond acceptors (Lipinski definition) is 3. The van der Waals surface area contributed by atoms with E-state index in [1.165, 1.54) is 6.07 Å². The Morgan fingerprint density at radius 3 is 2.67 bits per heavy atom. The van der Waals surface area contributed by atoms with Gasteiger partial charge in [-0.15, -0.1) is 0 Å². The van der Waals surface area contributed by atoms with Gasteiger partial charge in [0.15, 0.2) is 0 Å². The minimum Gasteiger partial charge on any atom is -0.496 e. The molecule has 2 nitrogen and oxygen atoms in total. The van der Waals surface area contributed by atoms with Gasteiger partial charge in [-0.25, -0.2) is 4.39 Å². The lowest BCUT2D eigenvalue weighted by Gasteiger charge is -2.26. The van der Waals surface area contributed by atoms with E-state index in [0.29, 0.717) is 11.3 Å². The average Bonchev–Trinajstić information content (AvgIpc) is 2.35. The summed E-state index contributed by atoms with van der Waals surface area (Å²) in [7, 11) is 1.57. The van der Waals surface area contributed by atoms with E-state index in [2.05, 4.69) is 25.4 Å². The molecule has 102 valence electrons. The molecule has 1 atom stereocenters.